The second-order valence-corrected chi connectivity index (χ2v) is 6.47. The van der Waals surface area contributed by atoms with Gasteiger partial charge in [0.2, 0.25) is 0 Å². The van der Waals surface area contributed by atoms with Crippen molar-refractivity contribution in [2.45, 2.75) is 6.54 Å². The monoisotopic (exact) mass is 387 g/mol. The van der Waals surface area contributed by atoms with Crippen LogP contribution in [0.1, 0.15) is 16.1 Å². The van der Waals surface area contributed by atoms with E-state index in [2.05, 4.69) is 10.3 Å². The van der Waals surface area contributed by atoms with Gasteiger partial charge in [-0.2, -0.15) is 0 Å². The molecule has 0 radical (unpaired) electrons. The van der Waals surface area contributed by atoms with Gasteiger partial charge < -0.3 is 10.1 Å². The zero-order valence-electron chi connectivity index (χ0n) is 15.7. The quantitative estimate of drug-likeness (QED) is 0.497. The maximum Gasteiger partial charge on any atom is 0.337 e. The second-order valence-electron chi connectivity index (χ2n) is 6.47. The van der Waals surface area contributed by atoms with E-state index in [4.69, 9.17) is 9.72 Å². The fraction of sp³-hybridized carbons (Fsp3) is 0.0870. The summed E-state index contributed by atoms with van der Waals surface area (Å²) in [5.41, 5.74) is 4.29. The summed E-state index contributed by atoms with van der Waals surface area (Å²) in [6, 6.07) is 19.0. The number of halogens is 1. The molecule has 0 aliphatic carbocycles. The Morgan fingerprint density at radius 2 is 1.90 bits per heavy atom. The number of carbonyl (C=O) groups is 1. The lowest BCUT2D eigenvalue weighted by Gasteiger charge is -2.14. The van der Waals surface area contributed by atoms with Crippen LogP contribution in [0, 0.1) is 5.82 Å². The van der Waals surface area contributed by atoms with Gasteiger partial charge in [0, 0.05) is 17.1 Å². The third-order valence-electron chi connectivity index (χ3n) is 4.54. The molecule has 2 aromatic carbocycles. The summed E-state index contributed by atoms with van der Waals surface area (Å²) in [4.78, 5) is 21.0. The van der Waals surface area contributed by atoms with E-state index < -0.39 is 5.97 Å². The molecule has 0 unspecified atom stereocenters. The minimum atomic E-state index is -0.405. The Kier molecular flexibility index (Phi) is 5.16. The average Bonchev–Trinajstić information content (AvgIpc) is 2.77. The van der Waals surface area contributed by atoms with Crippen molar-refractivity contribution in [3.05, 3.63) is 90.0 Å². The number of pyridine rings is 2. The Morgan fingerprint density at radius 3 is 2.62 bits per heavy atom. The van der Waals surface area contributed by atoms with Gasteiger partial charge in [-0.3, -0.25) is 4.98 Å². The van der Waals surface area contributed by atoms with E-state index in [9.17, 15) is 9.18 Å². The van der Waals surface area contributed by atoms with E-state index in [1.807, 2.05) is 24.3 Å². The maximum absolute atomic E-state index is 13.4. The summed E-state index contributed by atoms with van der Waals surface area (Å²) in [7, 11) is 1.35. The van der Waals surface area contributed by atoms with Crippen molar-refractivity contribution in [2.24, 2.45) is 0 Å². The van der Waals surface area contributed by atoms with Crippen LogP contribution in [-0.2, 0) is 11.3 Å². The first-order valence-corrected chi connectivity index (χ1v) is 9.07. The maximum atomic E-state index is 13.4. The molecule has 0 atom stereocenters. The molecule has 29 heavy (non-hydrogen) atoms. The Labute approximate surface area is 167 Å². The largest absolute Gasteiger partial charge is 0.465 e. The standard InChI is InChI=1S/C23H18FN3O2/c1-29-23(28)16-7-10-20-17(12-16)13-21(26-14-19-4-2-3-11-25-19)22(27-20)15-5-8-18(24)9-6-15/h2-13,26H,14H2,1H3. The molecule has 1 N–H and O–H groups in total. The summed E-state index contributed by atoms with van der Waals surface area (Å²) < 4.78 is 18.2. The molecule has 0 bridgehead atoms. The molecular weight excluding hydrogens is 369 g/mol. The number of hydrogen-bond donors (Lipinski definition) is 1. The van der Waals surface area contributed by atoms with Crippen molar-refractivity contribution in [1.29, 1.82) is 0 Å². The SMILES string of the molecule is COC(=O)c1ccc2nc(-c3ccc(F)cc3)c(NCc3ccccn3)cc2c1. The van der Waals surface area contributed by atoms with Crippen LogP contribution in [0.2, 0.25) is 0 Å². The van der Waals surface area contributed by atoms with Crippen molar-refractivity contribution in [3.63, 3.8) is 0 Å². The molecule has 144 valence electrons. The van der Waals surface area contributed by atoms with E-state index in [-0.39, 0.29) is 5.82 Å². The van der Waals surface area contributed by atoms with Gasteiger partial charge in [-0.25, -0.2) is 14.2 Å². The zero-order chi connectivity index (χ0) is 20.2. The normalized spacial score (nSPS) is 10.7. The molecule has 6 heteroatoms. The number of benzene rings is 2. The van der Waals surface area contributed by atoms with Gasteiger partial charge in [0.05, 0.1) is 41.8 Å². The molecule has 0 saturated heterocycles. The lowest BCUT2D eigenvalue weighted by molar-refractivity contribution is 0.0601. The zero-order valence-corrected chi connectivity index (χ0v) is 15.7. The number of methoxy groups -OCH3 is 1. The number of aromatic nitrogens is 2. The van der Waals surface area contributed by atoms with Gasteiger partial charge in [0.1, 0.15) is 5.82 Å². The van der Waals surface area contributed by atoms with E-state index >= 15 is 0 Å². The van der Waals surface area contributed by atoms with Crippen molar-refractivity contribution in [2.75, 3.05) is 12.4 Å². The van der Waals surface area contributed by atoms with Crippen molar-refractivity contribution < 1.29 is 13.9 Å². The van der Waals surface area contributed by atoms with Gasteiger partial charge in [0.25, 0.3) is 0 Å². The summed E-state index contributed by atoms with van der Waals surface area (Å²) in [5.74, 6) is -0.710. The molecule has 0 aliphatic rings. The van der Waals surface area contributed by atoms with Crippen molar-refractivity contribution in [3.8, 4) is 11.3 Å². The topological polar surface area (TPSA) is 64.1 Å². The number of nitrogens with one attached hydrogen (secondary N) is 1. The van der Waals surface area contributed by atoms with E-state index in [1.54, 1.807) is 36.5 Å². The van der Waals surface area contributed by atoms with Gasteiger partial charge in [-0.15, -0.1) is 0 Å². The summed E-state index contributed by atoms with van der Waals surface area (Å²) in [6.45, 7) is 0.499. The third-order valence-corrected chi connectivity index (χ3v) is 4.54. The molecule has 0 fully saturated rings. The highest BCUT2D eigenvalue weighted by atomic mass is 19.1. The van der Waals surface area contributed by atoms with Crippen LogP contribution in [0.5, 0.6) is 0 Å². The first-order valence-electron chi connectivity index (χ1n) is 9.07. The highest BCUT2D eigenvalue weighted by Crippen LogP contribution is 2.30. The fourth-order valence-electron chi connectivity index (χ4n) is 3.07. The molecule has 0 saturated carbocycles. The van der Waals surface area contributed by atoms with Crippen LogP contribution in [0.4, 0.5) is 10.1 Å². The van der Waals surface area contributed by atoms with Gasteiger partial charge in [-0.1, -0.05) is 6.07 Å². The van der Waals surface area contributed by atoms with Gasteiger partial charge in [-0.05, 0) is 60.7 Å². The number of ether oxygens (including phenoxy) is 1. The summed E-state index contributed by atoms with van der Waals surface area (Å²) in [6.07, 6.45) is 1.74. The number of anilines is 1. The van der Waals surface area contributed by atoms with E-state index in [0.717, 1.165) is 27.8 Å². The Balaban J connectivity index is 1.79. The van der Waals surface area contributed by atoms with Crippen LogP contribution in [-0.4, -0.2) is 23.0 Å². The molecule has 2 aromatic heterocycles. The smallest absolute Gasteiger partial charge is 0.337 e. The molecular formula is C23H18FN3O2. The predicted molar refractivity (Wildman–Crippen MR) is 110 cm³/mol. The van der Waals surface area contributed by atoms with Crippen LogP contribution in [0.25, 0.3) is 22.2 Å². The lowest BCUT2D eigenvalue weighted by Crippen LogP contribution is -2.05. The fourth-order valence-corrected chi connectivity index (χ4v) is 3.07. The second kappa shape index (κ2) is 8.06. The van der Waals surface area contributed by atoms with E-state index in [0.29, 0.717) is 17.8 Å². The number of hydrogen-bond acceptors (Lipinski definition) is 5. The number of esters is 1. The average molecular weight is 387 g/mol. The predicted octanol–water partition coefficient (Wildman–Crippen LogP) is 4.83. The Hall–Kier alpha value is -3.80. The Morgan fingerprint density at radius 1 is 1.07 bits per heavy atom. The number of fused-ring (bicyclic) bond motifs is 1. The minimum Gasteiger partial charge on any atom is -0.465 e. The molecule has 0 spiro atoms. The van der Waals surface area contributed by atoms with E-state index in [1.165, 1.54) is 19.2 Å². The minimum absolute atomic E-state index is 0.305. The molecule has 4 rings (SSSR count). The first-order chi connectivity index (χ1) is 14.1. The van der Waals surface area contributed by atoms with Crippen molar-refractivity contribution >= 4 is 22.6 Å². The van der Waals surface area contributed by atoms with Gasteiger partial charge in [0.15, 0.2) is 0 Å². The number of carbonyl (C=O) groups excluding carboxylic acids is 1. The highest BCUT2D eigenvalue weighted by Gasteiger charge is 2.12. The van der Waals surface area contributed by atoms with Crippen LogP contribution in [0.3, 0.4) is 0 Å². The van der Waals surface area contributed by atoms with Crippen LogP contribution >= 0.6 is 0 Å². The molecule has 2 heterocycles. The van der Waals surface area contributed by atoms with Crippen molar-refractivity contribution in [1.82, 2.24) is 9.97 Å². The highest BCUT2D eigenvalue weighted by molar-refractivity contribution is 5.96. The molecule has 5 nitrogen and oxygen atoms in total. The number of nitrogens with zero attached hydrogens (tertiary/aromatic N) is 2. The molecule has 4 aromatic rings. The lowest BCUT2D eigenvalue weighted by atomic mass is 10.1. The summed E-state index contributed by atoms with van der Waals surface area (Å²) in [5, 5.41) is 4.16. The molecule has 0 amide bonds. The van der Waals surface area contributed by atoms with Crippen LogP contribution < -0.4 is 5.32 Å². The van der Waals surface area contributed by atoms with Gasteiger partial charge >= 0.3 is 5.97 Å². The third kappa shape index (κ3) is 4.06. The Bertz CT molecular complexity index is 1160. The molecule has 0 aliphatic heterocycles. The first kappa shape index (κ1) is 18.6. The summed E-state index contributed by atoms with van der Waals surface area (Å²) >= 11 is 0. The number of rotatable bonds is 5. The van der Waals surface area contributed by atoms with Crippen LogP contribution in [0.15, 0.2) is 72.9 Å².